The Morgan fingerprint density at radius 2 is 2.05 bits per heavy atom. The zero-order valence-corrected chi connectivity index (χ0v) is 12.1. The van der Waals surface area contributed by atoms with E-state index in [-0.39, 0.29) is 27.2 Å². The number of aliphatic hydroxyl groups excluding tert-OH is 1. The summed E-state index contributed by atoms with van der Waals surface area (Å²) in [5.41, 5.74) is -0.870. The van der Waals surface area contributed by atoms with Gasteiger partial charge in [-0.15, -0.1) is 0 Å². The second-order valence-corrected chi connectivity index (χ2v) is 6.82. The summed E-state index contributed by atoms with van der Waals surface area (Å²) in [7, 11) is 0. The number of alkyl halides is 3. The summed E-state index contributed by atoms with van der Waals surface area (Å²) in [6, 6.07) is 3.39. The molecule has 19 heavy (non-hydrogen) atoms. The fourth-order valence-electron chi connectivity index (χ4n) is 1.69. The molecule has 0 fully saturated rings. The molecule has 7 heteroatoms. The van der Waals surface area contributed by atoms with E-state index in [1.165, 1.54) is 4.57 Å². The van der Waals surface area contributed by atoms with Crippen LogP contribution in [0.2, 0.25) is 0 Å². The van der Waals surface area contributed by atoms with Gasteiger partial charge in [0.25, 0.3) is 0 Å². The summed E-state index contributed by atoms with van der Waals surface area (Å²) in [4.78, 5) is 3.72. The molecule has 0 spiro atoms. The van der Waals surface area contributed by atoms with Crippen LogP contribution in [0.3, 0.4) is 0 Å². The Morgan fingerprint density at radius 1 is 1.37 bits per heavy atom. The molecule has 1 N–H and O–H groups in total. The third-order valence-electron chi connectivity index (χ3n) is 2.62. The number of aliphatic hydroxyl groups is 1. The third kappa shape index (κ3) is 2.94. The first kappa shape index (κ1) is 14.4. The molecule has 0 radical (unpaired) electrons. The molecule has 2 heterocycles. The van der Waals surface area contributed by atoms with Crippen LogP contribution < -0.4 is 0 Å². The first-order valence-corrected chi connectivity index (χ1v) is 7.40. The van der Waals surface area contributed by atoms with E-state index in [0.29, 0.717) is 5.82 Å². The van der Waals surface area contributed by atoms with Gasteiger partial charge < -0.3 is 0 Å². The second-order valence-electron chi connectivity index (χ2n) is 4.37. The minimum absolute atomic E-state index is 0.0610. The van der Waals surface area contributed by atoms with Crippen molar-refractivity contribution in [3.05, 3.63) is 28.5 Å². The van der Waals surface area contributed by atoms with Gasteiger partial charge in [-0.25, -0.2) is 0 Å². The SMILES string of the molecule is CC(C)n1cc(C(F)(F)F)nc1-c1ccc(CO)[se]1. The van der Waals surface area contributed by atoms with E-state index in [9.17, 15) is 13.2 Å². The van der Waals surface area contributed by atoms with Crippen molar-refractivity contribution >= 4 is 14.5 Å². The van der Waals surface area contributed by atoms with Gasteiger partial charge in [-0.2, -0.15) is 0 Å². The van der Waals surface area contributed by atoms with Gasteiger partial charge in [0.2, 0.25) is 0 Å². The fraction of sp³-hybridized carbons (Fsp3) is 0.417. The van der Waals surface area contributed by atoms with E-state index >= 15 is 0 Å². The minimum atomic E-state index is -4.44. The van der Waals surface area contributed by atoms with Crippen LogP contribution >= 0.6 is 0 Å². The first-order chi connectivity index (χ1) is 8.82. The summed E-state index contributed by atoms with van der Waals surface area (Å²) in [5, 5.41) is 9.05. The van der Waals surface area contributed by atoms with Gasteiger partial charge in [0.05, 0.1) is 0 Å². The van der Waals surface area contributed by atoms with Gasteiger partial charge >= 0.3 is 114 Å². The van der Waals surface area contributed by atoms with Gasteiger partial charge in [0.15, 0.2) is 0 Å². The van der Waals surface area contributed by atoms with Crippen molar-refractivity contribution in [1.82, 2.24) is 9.55 Å². The number of nitrogens with zero attached hydrogens (tertiary/aromatic N) is 2. The average molecular weight is 337 g/mol. The Labute approximate surface area is 114 Å². The molecule has 104 valence electrons. The van der Waals surface area contributed by atoms with Crippen LogP contribution in [0.15, 0.2) is 18.3 Å². The number of hydrogen-bond donors (Lipinski definition) is 1. The summed E-state index contributed by atoms with van der Waals surface area (Å²) in [6.45, 7) is 3.57. The predicted octanol–water partition coefficient (Wildman–Crippen LogP) is 2.70. The van der Waals surface area contributed by atoms with Gasteiger partial charge in [-0.3, -0.25) is 0 Å². The van der Waals surface area contributed by atoms with E-state index in [1.54, 1.807) is 12.1 Å². The van der Waals surface area contributed by atoms with E-state index < -0.39 is 11.9 Å². The van der Waals surface area contributed by atoms with Crippen LogP contribution in [-0.4, -0.2) is 29.2 Å². The zero-order chi connectivity index (χ0) is 14.2. The second kappa shape index (κ2) is 5.15. The topological polar surface area (TPSA) is 38.0 Å². The summed E-state index contributed by atoms with van der Waals surface area (Å²) < 4.78 is 41.3. The molecule has 2 rings (SSSR count). The van der Waals surface area contributed by atoms with Crippen LogP contribution in [0.5, 0.6) is 0 Å². The Balaban J connectivity index is 2.52. The van der Waals surface area contributed by atoms with Gasteiger partial charge in [0.1, 0.15) is 0 Å². The molecule has 0 aliphatic carbocycles. The Kier molecular flexibility index (Phi) is 3.90. The molecule has 0 aromatic carbocycles. The first-order valence-electron chi connectivity index (χ1n) is 5.69. The van der Waals surface area contributed by atoms with Gasteiger partial charge in [-0.1, -0.05) is 0 Å². The van der Waals surface area contributed by atoms with Gasteiger partial charge in [0, 0.05) is 0 Å². The Hall–Kier alpha value is -1.04. The van der Waals surface area contributed by atoms with Crippen molar-refractivity contribution in [3.8, 4) is 10.3 Å². The molecule has 0 aliphatic heterocycles. The molecule has 0 atom stereocenters. The fourth-order valence-corrected chi connectivity index (χ4v) is 3.50. The number of hydrogen-bond acceptors (Lipinski definition) is 2. The molecule has 0 saturated carbocycles. The maximum atomic E-state index is 12.7. The van der Waals surface area contributed by atoms with E-state index in [0.717, 1.165) is 15.1 Å². The predicted molar refractivity (Wildman–Crippen MR) is 65.9 cm³/mol. The molecule has 0 saturated heterocycles. The molecule has 0 amide bonds. The molecule has 0 bridgehead atoms. The standard InChI is InChI=1S/C12H13F3N2OSe/c1-7(2)17-5-10(12(13,14)15)16-11(17)9-4-3-8(6-18)19-9/h3-5,7,18H,6H2,1-2H3. The van der Waals surface area contributed by atoms with Crippen LogP contribution in [-0.2, 0) is 12.8 Å². The summed E-state index contributed by atoms with van der Waals surface area (Å²) in [5.74, 6) is 0.349. The Morgan fingerprint density at radius 3 is 2.53 bits per heavy atom. The maximum absolute atomic E-state index is 12.7. The van der Waals surface area contributed by atoms with Crippen LogP contribution in [0, 0.1) is 0 Å². The molecule has 0 unspecified atom stereocenters. The normalized spacial score (nSPS) is 12.4. The van der Waals surface area contributed by atoms with Crippen LogP contribution in [0.1, 0.15) is 30.0 Å². The molecule has 3 nitrogen and oxygen atoms in total. The van der Waals surface area contributed by atoms with E-state index in [1.807, 2.05) is 13.8 Å². The van der Waals surface area contributed by atoms with Crippen LogP contribution in [0.4, 0.5) is 13.2 Å². The van der Waals surface area contributed by atoms with Crippen molar-refractivity contribution in [3.63, 3.8) is 0 Å². The zero-order valence-electron chi connectivity index (χ0n) is 10.4. The summed E-state index contributed by atoms with van der Waals surface area (Å²) >= 11 is -0.157. The monoisotopic (exact) mass is 338 g/mol. The Bertz CT molecular complexity index is 572. The van der Waals surface area contributed by atoms with Crippen molar-refractivity contribution in [2.75, 3.05) is 0 Å². The number of rotatable bonds is 3. The van der Waals surface area contributed by atoms with E-state index in [2.05, 4.69) is 4.98 Å². The number of imidazole rings is 1. The quantitative estimate of drug-likeness (QED) is 0.875. The van der Waals surface area contributed by atoms with Crippen molar-refractivity contribution in [2.24, 2.45) is 0 Å². The number of halogens is 3. The van der Waals surface area contributed by atoms with E-state index in [4.69, 9.17) is 5.11 Å². The average Bonchev–Trinajstić information content (AvgIpc) is 2.94. The van der Waals surface area contributed by atoms with Crippen molar-refractivity contribution in [2.45, 2.75) is 32.7 Å². The van der Waals surface area contributed by atoms with Crippen molar-refractivity contribution in [1.29, 1.82) is 0 Å². The molecule has 0 aliphatic rings. The third-order valence-corrected chi connectivity index (χ3v) is 4.85. The van der Waals surface area contributed by atoms with Gasteiger partial charge in [-0.05, 0) is 0 Å². The van der Waals surface area contributed by atoms with Crippen LogP contribution in [0.25, 0.3) is 10.3 Å². The molecular formula is C12H13F3N2OSe. The molecular weight excluding hydrogens is 324 g/mol. The molecule has 2 aromatic heterocycles. The summed E-state index contributed by atoms with van der Waals surface area (Å²) in [6.07, 6.45) is -3.39. The number of aromatic nitrogens is 2. The van der Waals surface area contributed by atoms with Crippen molar-refractivity contribution < 1.29 is 18.3 Å². The molecule has 2 aromatic rings.